The first-order valence-corrected chi connectivity index (χ1v) is 10.8. The van der Waals surface area contributed by atoms with E-state index in [4.69, 9.17) is 0 Å². The van der Waals surface area contributed by atoms with Gasteiger partial charge in [-0.2, -0.15) is 0 Å². The van der Waals surface area contributed by atoms with Crippen molar-refractivity contribution in [1.82, 2.24) is 4.90 Å². The summed E-state index contributed by atoms with van der Waals surface area (Å²) < 4.78 is 0.328. The zero-order valence-corrected chi connectivity index (χ0v) is 16.6. The molecule has 2 nitrogen and oxygen atoms in total. The van der Waals surface area contributed by atoms with Crippen molar-refractivity contribution < 1.29 is 4.79 Å². The molecule has 2 unspecified atom stereocenters. The molecule has 4 fully saturated rings. The Kier molecular flexibility index (Phi) is 4.41. The van der Waals surface area contributed by atoms with E-state index in [1.54, 1.807) is 11.3 Å². The number of alkyl halides is 1. The van der Waals surface area contributed by atoms with Crippen LogP contribution >= 0.6 is 27.3 Å². The van der Waals surface area contributed by atoms with Crippen LogP contribution < -0.4 is 0 Å². The third kappa shape index (κ3) is 3.24. The highest BCUT2D eigenvalue weighted by Gasteiger charge is 2.57. The molecule has 4 heteroatoms. The quantitative estimate of drug-likeness (QED) is 0.457. The van der Waals surface area contributed by atoms with Crippen LogP contribution in [0.2, 0.25) is 0 Å². The van der Waals surface area contributed by atoms with Crippen LogP contribution in [0.5, 0.6) is 0 Å². The van der Waals surface area contributed by atoms with Crippen LogP contribution in [0, 0.1) is 17.3 Å². The lowest BCUT2D eigenvalue weighted by atomic mass is 9.48. The molecule has 1 aromatic rings. The summed E-state index contributed by atoms with van der Waals surface area (Å²) in [6.07, 6.45) is 10.4. The van der Waals surface area contributed by atoms with E-state index in [0.29, 0.717) is 16.8 Å². The predicted octanol–water partition coefficient (Wildman–Crippen LogP) is 5.39. The molecule has 4 saturated carbocycles. The summed E-state index contributed by atoms with van der Waals surface area (Å²) >= 11 is 5.79. The first kappa shape index (κ1) is 16.8. The average molecular weight is 408 g/mol. The molecule has 0 aliphatic heterocycles. The van der Waals surface area contributed by atoms with Crippen LogP contribution in [-0.4, -0.2) is 21.7 Å². The van der Waals surface area contributed by atoms with Gasteiger partial charge in [0.2, 0.25) is 5.91 Å². The second-order valence-corrected chi connectivity index (χ2v) is 11.1. The van der Waals surface area contributed by atoms with E-state index in [2.05, 4.69) is 40.0 Å². The van der Waals surface area contributed by atoms with Gasteiger partial charge in [-0.1, -0.05) is 28.1 Å². The van der Waals surface area contributed by atoms with Crippen molar-refractivity contribution in [3.05, 3.63) is 35.0 Å². The van der Waals surface area contributed by atoms with Gasteiger partial charge < -0.3 is 4.90 Å². The number of amides is 1. The van der Waals surface area contributed by atoms with Gasteiger partial charge in [-0.25, -0.2) is 0 Å². The van der Waals surface area contributed by atoms with Crippen LogP contribution in [0.1, 0.15) is 49.8 Å². The maximum atomic E-state index is 13.1. The van der Waals surface area contributed by atoms with Crippen molar-refractivity contribution in [2.45, 2.75) is 55.8 Å². The molecule has 0 aromatic carbocycles. The summed E-state index contributed by atoms with van der Waals surface area (Å²) in [6.45, 7) is 5.23. The van der Waals surface area contributed by atoms with E-state index >= 15 is 0 Å². The predicted molar refractivity (Wildman–Crippen MR) is 103 cm³/mol. The molecule has 5 rings (SSSR count). The minimum atomic E-state index is 0.250. The summed E-state index contributed by atoms with van der Waals surface area (Å²) in [5.41, 5.74) is 0.250. The molecule has 1 aromatic heterocycles. The zero-order chi connectivity index (χ0) is 16.8. The Hall–Kier alpha value is -0.610. The molecule has 4 aliphatic rings. The van der Waals surface area contributed by atoms with Crippen molar-refractivity contribution in [2.24, 2.45) is 17.3 Å². The Bertz CT molecular complexity index is 612. The second-order valence-electron chi connectivity index (χ2n) is 8.43. The van der Waals surface area contributed by atoms with Crippen molar-refractivity contribution in [3.8, 4) is 0 Å². The van der Waals surface area contributed by atoms with Crippen LogP contribution in [0.3, 0.4) is 0 Å². The molecular formula is C20H26BrNOS. The fraction of sp³-hybridized carbons (Fsp3) is 0.650. The second kappa shape index (κ2) is 6.28. The van der Waals surface area contributed by atoms with Crippen LogP contribution in [0.15, 0.2) is 30.2 Å². The van der Waals surface area contributed by atoms with Crippen LogP contribution in [0.4, 0.5) is 0 Å². The molecule has 4 aliphatic carbocycles. The summed E-state index contributed by atoms with van der Waals surface area (Å²) in [5, 5.41) is 2.08. The molecular weight excluding hydrogens is 382 g/mol. The highest BCUT2D eigenvalue weighted by molar-refractivity contribution is 9.10. The molecule has 2 atom stereocenters. The zero-order valence-electron chi connectivity index (χ0n) is 14.2. The van der Waals surface area contributed by atoms with E-state index < -0.39 is 0 Å². The topological polar surface area (TPSA) is 20.3 Å². The normalized spacial score (nSPS) is 36.7. The summed E-state index contributed by atoms with van der Waals surface area (Å²) in [5.74, 6) is 1.99. The number of carbonyl (C=O) groups is 1. The van der Waals surface area contributed by atoms with Gasteiger partial charge in [0, 0.05) is 22.2 Å². The molecule has 0 radical (unpaired) electrons. The molecule has 1 heterocycles. The lowest BCUT2D eigenvalue weighted by molar-refractivity contribution is -0.138. The molecule has 0 spiro atoms. The highest BCUT2D eigenvalue weighted by atomic mass is 79.9. The van der Waals surface area contributed by atoms with E-state index in [9.17, 15) is 4.79 Å². The number of carbonyl (C=O) groups excluding carboxylic acids is 1. The van der Waals surface area contributed by atoms with Crippen molar-refractivity contribution in [3.63, 3.8) is 0 Å². The van der Waals surface area contributed by atoms with Gasteiger partial charge in [-0.3, -0.25) is 4.79 Å². The minimum Gasteiger partial charge on any atom is -0.334 e. The summed E-state index contributed by atoms with van der Waals surface area (Å²) in [4.78, 5) is 16.4. The van der Waals surface area contributed by atoms with E-state index in [1.165, 1.54) is 43.4 Å². The fourth-order valence-corrected chi connectivity index (χ4v) is 8.21. The van der Waals surface area contributed by atoms with Crippen molar-refractivity contribution >= 4 is 33.2 Å². The Labute approximate surface area is 157 Å². The van der Waals surface area contributed by atoms with Gasteiger partial charge >= 0.3 is 0 Å². The van der Waals surface area contributed by atoms with Crippen LogP contribution in [-0.2, 0) is 11.3 Å². The Morgan fingerprint density at radius 3 is 2.71 bits per heavy atom. The minimum absolute atomic E-state index is 0.250. The number of hydrogen-bond acceptors (Lipinski definition) is 2. The summed E-state index contributed by atoms with van der Waals surface area (Å²) in [6, 6.07) is 4.18. The van der Waals surface area contributed by atoms with E-state index in [-0.39, 0.29) is 5.41 Å². The smallest absolute Gasteiger partial charge is 0.223 e. The van der Waals surface area contributed by atoms with Gasteiger partial charge in [-0.05, 0) is 67.2 Å². The maximum absolute atomic E-state index is 13.1. The molecule has 0 N–H and O–H groups in total. The first-order chi connectivity index (χ1) is 11.5. The van der Waals surface area contributed by atoms with Crippen LogP contribution in [0.25, 0.3) is 0 Å². The van der Waals surface area contributed by atoms with E-state index in [0.717, 1.165) is 24.8 Å². The first-order valence-electron chi connectivity index (χ1n) is 9.09. The average Bonchev–Trinajstić information content (AvgIpc) is 2.96. The number of nitrogens with zero attached hydrogens (tertiary/aromatic N) is 1. The van der Waals surface area contributed by atoms with Gasteiger partial charge in [0.05, 0.1) is 6.54 Å². The third-order valence-corrected chi connectivity index (χ3v) is 8.06. The standard InChI is InChI=1S/C20H26BrNOS/c1-2-5-22(13-17-4-3-6-24-17)18(23)12-19-8-15-7-16(9-19)11-20(21,10-15)14-19/h2-4,6,15-16H,1,5,7-14H2. The monoisotopic (exact) mass is 407 g/mol. The molecule has 24 heavy (non-hydrogen) atoms. The van der Waals surface area contributed by atoms with Gasteiger partial charge in [0.1, 0.15) is 0 Å². The molecule has 4 bridgehead atoms. The van der Waals surface area contributed by atoms with E-state index in [1.807, 2.05) is 11.0 Å². The third-order valence-electron chi connectivity index (χ3n) is 6.27. The number of thiophene rings is 1. The van der Waals surface area contributed by atoms with Crippen molar-refractivity contribution in [2.75, 3.05) is 6.54 Å². The van der Waals surface area contributed by atoms with Gasteiger partial charge in [-0.15, -0.1) is 17.9 Å². The van der Waals surface area contributed by atoms with Gasteiger partial charge in [0.25, 0.3) is 0 Å². The Morgan fingerprint density at radius 1 is 1.38 bits per heavy atom. The lowest BCUT2D eigenvalue weighted by Gasteiger charge is -2.60. The Balaban J connectivity index is 1.48. The largest absolute Gasteiger partial charge is 0.334 e. The SMILES string of the molecule is C=CCN(Cc1cccs1)C(=O)CC12CC3CC(CC(Br)(C3)C1)C2. The van der Waals surface area contributed by atoms with Gasteiger partial charge in [0.15, 0.2) is 0 Å². The lowest BCUT2D eigenvalue weighted by Crippen LogP contribution is -2.54. The number of rotatable bonds is 6. The number of hydrogen-bond donors (Lipinski definition) is 0. The Morgan fingerprint density at radius 2 is 2.12 bits per heavy atom. The molecule has 130 valence electrons. The van der Waals surface area contributed by atoms with Crippen molar-refractivity contribution in [1.29, 1.82) is 0 Å². The maximum Gasteiger partial charge on any atom is 0.223 e. The highest BCUT2D eigenvalue weighted by Crippen LogP contribution is 2.65. The molecule has 0 saturated heterocycles. The number of halogens is 1. The summed E-state index contributed by atoms with van der Waals surface area (Å²) in [7, 11) is 0. The molecule has 1 amide bonds. The fourth-order valence-electron chi connectivity index (χ4n) is 5.98.